The lowest BCUT2D eigenvalue weighted by Gasteiger charge is -2.04. The maximum atomic E-state index is 5.16. The standard InChI is InChI=1S/C13H9BrN2OS2/c1-17-8-2-4-9(5-3-8)18-11-7-6-10(14)12-13(11)16-19-15-12/h2-7H,1H3. The van der Waals surface area contributed by atoms with E-state index in [-0.39, 0.29) is 0 Å². The predicted octanol–water partition coefficient (Wildman–Crippen LogP) is 4.61. The number of nitrogens with zero attached hydrogens (tertiary/aromatic N) is 2. The molecule has 0 bridgehead atoms. The molecule has 0 saturated carbocycles. The SMILES string of the molecule is COc1ccc(Sc2ccc(Br)c3nsnc23)cc1. The van der Waals surface area contributed by atoms with Gasteiger partial charge < -0.3 is 4.74 Å². The van der Waals surface area contributed by atoms with E-state index in [2.05, 4.69) is 30.7 Å². The lowest BCUT2D eigenvalue weighted by molar-refractivity contribution is 0.414. The molecule has 1 heterocycles. The van der Waals surface area contributed by atoms with Crippen LogP contribution in [0.15, 0.2) is 50.7 Å². The van der Waals surface area contributed by atoms with Gasteiger partial charge in [-0.3, -0.25) is 0 Å². The third-order valence-electron chi connectivity index (χ3n) is 2.62. The van der Waals surface area contributed by atoms with Crippen molar-refractivity contribution in [3.8, 4) is 5.75 Å². The second-order valence-electron chi connectivity index (χ2n) is 3.78. The first-order valence-corrected chi connectivity index (χ1v) is 7.84. The molecule has 0 amide bonds. The van der Waals surface area contributed by atoms with Gasteiger partial charge in [0.1, 0.15) is 16.8 Å². The van der Waals surface area contributed by atoms with E-state index in [9.17, 15) is 0 Å². The van der Waals surface area contributed by atoms with Crippen molar-refractivity contribution in [2.24, 2.45) is 0 Å². The molecule has 0 aliphatic rings. The summed E-state index contributed by atoms with van der Waals surface area (Å²) in [5.41, 5.74) is 1.86. The Morgan fingerprint density at radius 3 is 2.53 bits per heavy atom. The molecule has 3 aromatic rings. The molecule has 0 N–H and O–H groups in total. The van der Waals surface area contributed by atoms with E-state index in [1.165, 1.54) is 11.7 Å². The van der Waals surface area contributed by atoms with Crippen LogP contribution in [0.25, 0.3) is 11.0 Å². The van der Waals surface area contributed by atoms with Crippen LogP contribution in [0.2, 0.25) is 0 Å². The fraction of sp³-hybridized carbons (Fsp3) is 0.0769. The third-order valence-corrected chi connectivity index (χ3v) is 4.84. The normalized spacial score (nSPS) is 10.8. The van der Waals surface area contributed by atoms with Gasteiger partial charge in [0.2, 0.25) is 0 Å². The fourth-order valence-corrected chi connectivity index (χ4v) is 3.73. The van der Waals surface area contributed by atoms with Crippen LogP contribution in [0.3, 0.4) is 0 Å². The molecular formula is C13H9BrN2OS2. The van der Waals surface area contributed by atoms with E-state index in [1.807, 2.05) is 30.3 Å². The van der Waals surface area contributed by atoms with Gasteiger partial charge in [0.15, 0.2) is 0 Å². The first kappa shape index (κ1) is 12.9. The Balaban J connectivity index is 1.96. The molecule has 3 rings (SSSR count). The first-order chi connectivity index (χ1) is 9.28. The molecule has 0 atom stereocenters. The van der Waals surface area contributed by atoms with E-state index in [1.54, 1.807) is 18.9 Å². The number of hydrogen-bond acceptors (Lipinski definition) is 5. The van der Waals surface area contributed by atoms with Crippen molar-refractivity contribution >= 4 is 50.5 Å². The van der Waals surface area contributed by atoms with E-state index in [4.69, 9.17) is 4.74 Å². The van der Waals surface area contributed by atoms with Gasteiger partial charge in [-0.2, -0.15) is 8.75 Å². The van der Waals surface area contributed by atoms with E-state index < -0.39 is 0 Å². The highest BCUT2D eigenvalue weighted by Crippen LogP contribution is 2.35. The summed E-state index contributed by atoms with van der Waals surface area (Å²) >= 11 is 6.40. The maximum Gasteiger partial charge on any atom is 0.120 e. The molecule has 6 heteroatoms. The number of aromatic nitrogens is 2. The second-order valence-corrected chi connectivity index (χ2v) is 6.28. The molecule has 2 aromatic carbocycles. The Kier molecular flexibility index (Phi) is 3.72. The number of benzene rings is 2. The molecule has 0 aliphatic heterocycles. The van der Waals surface area contributed by atoms with Gasteiger partial charge in [-0.05, 0) is 52.3 Å². The first-order valence-electron chi connectivity index (χ1n) is 5.50. The number of ether oxygens (including phenoxy) is 1. The zero-order valence-electron chi connectivity index (χ0n) is 9.96. The average Bonchev–Trinajstić information content (AvgIpc) is 2.93. The molecule has 19 heavy (non-hydrogen) atoms. The second kappa shape index (κ2) is 5.48. The summed E-state index contributed by atoms with van der Waals surface area (Å²) in [4.78, 5) is 2.26. The Hall–Kier alpha value is -1.11. The predicted molar refractivity (Wildman–Crippen MR) is 82.2 cm³/mol. The topological polar surface area (TPSA) is 35.0 Å². The van der Waals surface area contributed by atoms with Crippen molar-refractivity contribution in [3.05, 3.63) is 40.9 Å². The summed E-state index contributed by atoms with van der Waals surface area (Å²) in [6.07, 6.45) is 0. The zero-order chi connectivity index (χ0) is 13.2. The monoisotopic (exact) mass is 352 g/mol. The zero-order valence-corrected chi connectivity index (χ0v) is 13.2. The minimum Gasteiger partial charge on any atom is -0.497 e. The van der Waals surface area contributed by atoms with Crippen LogP contribution >= 0.6 is 39.4 Å². The van der Waals surface area contributed by atoms with Gasteiger partial charge in [-0.15, -0.1) is 0 Å². The summed E-state index contributed by atoms with van der Waals surface area (Å²) in [7, 11) is 1.67. The van der Waals surface area contributed by atoms with E-state index in [0.717, 1.165) is 31.0 Å². The highest BCUT2D eigenvalue weighted by molar-refractivity contribution is 9.10. The van der Waals surface area contributed by atoms with Gasteiger partial charge in [-0.1, -0.05) is 11.8 Å². The van der Waals surface area contributed by atoms with Crippen molar-refractivity contribution in [1.29, 1.82) is 0 Å². The molecule has 0 fully saturated rings. The van der Waals surface area contributed by atoms with Gasteiger partial charge in [0.25, 0.3) is 0 Å². The summed E-state index contributed by atoms with van der Waals surface area (Å²) in [6.45, 7) is 0. The van der Waals surface area contributed by atoms with E-state index >= 15 is 0 Å². The number of halogens is 1. The fourth-order valence-electron chi connectivity index (χ4n) is 1.67. The van der Waals surface area contributed by atoms with Gasteiger partial charge in [0, 0.05) is 14.3 Å². The summed E-state index contributed by atoms with van der Waals surface area (Å²) in [5.74, 6) is 0.862. The van der Waals surface area contributed by atoms with Gasteiger partial charge in [-0.25, -0.2) is 0 Å². The van der Waals surface area contributed by atoms with Crippen molar-refractivity contribution in [2.45, 2.75) is 9.79 Å². The smallest absolute Gasteiger partial charge is 0.120 e. The molecule has 0 radical (unpaired) electrons. The molecule has 0 aliphatic carbocycles. The maximum absolute atomic E-state index is 5.16. The van der Waals surface area contributed by atoms with Crippen LogP contribution in [-0.2, 0) is 0 Å². The third kappa shape index (κ3) is 2.61. The summed E-state index contributed by atoms with van der Waals surface area (Å²) in [6, 6.07) is 12.1. The Bertz CT molecular complexity index is 712. The Labute approximate surface area is 127 Å². The quantitative estimate of drug-likeness (QED) is 0.689. The molecule has 3 nitrogen and oxygen atoms in total. The van der Waals surface area contributed by atoms with Gasteiger partial charge >= 0.3 is 0 Å². The number of methoxy groups -OCH3 is 1. The highest BCUT2D eigenvalue weighted by Gasteiger charge is 2.10. The molecule has 0 unspecified atom stereocenters. The Morgan fingerprint density at radius 2 is 1.79 bits per heavy atom. The van der Waals surface area contributed by atoms with Crippen LogP contribution in [-0.4, -0.2) is 15.9 Å². The minimum absolute atomic E-state index is 0.862. The lowest BCUT2D eigenvalue weighted by atomic mass is 10.3. The highest BCUT2D eigenvalue weighted by atomic mass is 79.9. The molecule has 1 aromatic heterocycles. The Morgan fingerprint density at radius 1 is 1.05 bits per heavy atom. The van der Waals surface area contributed by atoms with Crippen LogP contribution in [0.1, 0.15) is 0 Å². The number of fused-ring (bicyclic) bond motifs is 1. The summed E-state index contributed by atoms with van der Waals surface area (Å²) < 4.78 is 14.8. The van der Waals surface area contributed by atoms with Crippen LogP contribution in [0.5, 0.6) is 5.75 Å². The average molecular weight is 353 g/mol. The van der Waals surface area contributed by atoms with Crippen LogP contribution < -0.4 is 4.74 Å². The molecule has 96 valence electrons. The van der Waals surface area contributed by atoms with Gasteiger partial charge in [0.05, 0.1) is 18.8 Å². The largest absolute Gasteiger partial charge is 0.497 e. The lowest BCUT2D eigenvalue weighted by Crippen LogP contribution is -1.82. The number of hydrogen-bond donors (Lipinski definition) is 0. The molecular weight excluding hydrogens is 344 g/mol. The van der Waals surface area contributed by atoms with Crippen molar-refractivity contribution in [1.82, 2.24) is 8.75 Å². The minimum atomic E-state index is 0.862. The van der Waals surface area contributed by atoms with Crippen LogP contribution in [0, 0.1) is 0 Å². The van der Waals surface area contributed by atoms with Crippen molar-refractivity contribution in [3.63, 3.8) is 0 Å². The summed E-state index contributed by atoms with van der Waals surface area (Å²) in [5, 5.41) is 0. The van der Waals surface area contributed by atoms with Crippen molar-refractivity contribution in [2.75, 3.05) is 7.11 Å². The molecule has 0 spiro atoms. The van der Waals surface area contributed by atoms with Crippen molar-refractivity contribution < 1.29 is 4.74 Å². The van der Waals surface area contributed by atoms with E-state index in [0.29, 0.717) is 0 Å². The molecule has 0 saturated heterocycles. The number of rotatable bonds is 3. The van der Waals surface area contributed by atoms with Crippen LogP contribution in [0.4, 0.5) is 0 Å².